The summed E-state index contributed by atoms with van der Waals surface area (Å²) in [6.07, 6.45) is 9.14. The summed E-state index contributed by atoms with van der Waals surface area (Å²) in [5, 5.41) is 32.3. The Morgan fingerprint density at radius 1 is 0.362 bits per heavy atom. The lowest BCUT2D eigenvalue weighted by Gasteiger charge is -2.21. The molecule has 718 valence electrons. The molecule has 3 fully saturated rings. The summed E-state index contributed by atoms with van der Waals surface area (Å²) in [6, 6.07) is 0. The van der Waals surface area contributed by atoms with Gasteiger partial charge in [-0.05, 0) is 122 Å². The van der Waals surface area contributed by atoms with Crippen molar-refractivity contribution in [2.24, 2.45) is 62.3 Å². The number of aliphatic hydroxyl groups is 2. The zero-order valence-corrected chi connectivity index (χ0v) is 79.3. The minimum absolute atomic E-state index is 0.00294. The average Bonchev–Trinajstić information content (AvgIpc) is 1.64. The number of carbonyl (C=O) groups is 11. The van der Waals surface area contributed by atoms with Crippen LogP contribution in [0.2, 0.25) is 0 Å². The molecule has 0 heterocycles. The molecule has 0 radical (unpaired) electrons. The molecular weight excluding hydrogens is 1810 g/mol. The zero-order valence-electron chi connectivity index (χ0n) is 72.5. The van der Waals surface area contributed by atoms with Crippen molar-refractivity contribution in [3.63, 3.8) is 0 Å². The predicted octanol–water partition coefficient (Wildman–Crippen LogP) is 9.79. The molecule has 0 saturated heterocycles. The number of nitrogens with one attached hydrogen (secondary N) is 4. The first-order valence-corrected chi connectivity index (χ1v) is 48.0. The maximum Gasteiger partial charge on any atom is 0.410 e. The summed E-state index contributed by atoms with van der Waals surface area (Å²) in [5.74, 6) is 23.5. The summed E-state index contributed by atoms with van der Waals surface area (Å²) in [5.41, 5.74) is -1.13. The van der Waals surface area contributed by atoms with Gasteiger partial charge in [-0.1, -0.05) is 0 Å². The predicted molar refractivity (Wildman–Crippen MR) is 472 cm³/mol. The molecule has 6 aliphatic carbocycles. The summed E-state index contributed by atoms with van der Waals surface area (Å²) < 4.78 is 107. The monoisotopic (exact) mass is 1940 g/mol. The van der Waals surface area contributed by atoms with Crippen molar-refractivity contribution in [1.29, 1.82) is 5.16 Å². The standard InChI is InChI=1S/C28H44N2O11.C26H42N4O11P4.C24H40N2O9.CH2ClNOP2/c1-22(31)38-13-10-30(11-14-39-23(2)32)28(34)40-20-19-37-18-17-36-16-15-35-12-9-29-27(33)41-21-26-24-7-5-3-4-6-8-25(24)26;31-23(41-19-22-20-5-3-1-2-4-6-21(20)22)27-7-10-35-13-14-36-15-16-37-17-18-38-24(32)30(8-11-39-25(33)44-28-42)9-12-40-26(34)45-29-43;27-10-8-26(9-11-28)24(30)34-18-17-33-16-15-32-14-13-31-12-7-25-23(29)35-19-22-20-5-3-1-2-4-6-21(20)22;2-1(4)5-6-3/h24-26H,5-21H2,1-2H3,(H,29,33);20-22H,3-19,42-43H2,(H,27,31);20-22,27-28H,3-19H2,(H,25,29);3,5H/t24-,25+,26?;2*20-,21+,22?;. The highest BCUT2D eigenvalue weighted by atomic mass is 35.5. The van der Waals surface area contributed by atoms with E-state index < -0.39 is 64.9 Å². The van der Waals surface area contributed by atoms with Crippen molar-refractivity contribution in [2.75, 3.05) is 257 Å². The topological polar surface area (TPSA) is 498 Å². The van der Waals surface area contributed by atoms with E-state index in [0.29, 0.717) is 193 Å². The Kier molecular flexibility index (Phi) is 69.3. The fraction of sp³-hybridized carbons (Fsp3) is 0.785. The molecule has 12 atom stereocenters. The van der Waals surface area contributed by atoms with E-state index in [2.05, 4.69) is 79.3 Å². The maximum atomic E-state index is 12.4. The minimum atomic E-state index is -0.676. The van der Waals surface area contributed by atoms with Crippen LogP contribution in [0.15, 0.2) is 9.03 Å². The summed E-state index contributed by atoms with van der Waals surface area (Å²) in [7, 11) is 4.61. The quantitative estimate of drug-likeness (QED) is 0.00823. The molecule has 6 aliphatic rings. The van der Waals surface area contributed by atoms with E-state index in [9.17, 15) is 52.7 Å². The van der Waals surface area contributed by atoms with Gasteiger partial charge in [-0.25, -0.2) is 47.4 Å². The number of fused-ring (bicyclic) bond motifs is 3. The molecule has 0 bridgehead atoms. The SMILES string of the molecule is CC(=O)OCCN(CCOC(C)=O)C(=O)OCCOCCOCCOCCNC(=O)OCC1[C@H]2CCC#CCC[C@@H]12.N=PPC(=O)Cl.O=C(NCCOCCOCCOCCOC(=O)N(CCO)CCO)OCC1[C@H]2CCC#CCC[C@@H]12.O=C(NCCOCCOCCOCCOC(=O)N(CCOC(=O)P=NP)CCOC(=O)P=NP)OCC1[C@H]2CCC#CCC[C@@H]12. The molecule has 41 nitrogen and oxygen atoms in total. The third kappa shape index (κ3) is 60.8. The van der Waals surface area contributed by atoms with Gasteiger partial charge in [0.25, 0.3) is 0 Å². The van der Waals surface area contributed by atoms with Crippen LogP contribution < -0.4 is 16.0 Å². The Labute approximate surface area is 759 Å². The number of rotatable bonds is 62. The summed E-state index contributed by atoms with van der Waals surface area (Å²) in [4.78, 5) is 130. The number of hydrogen-bond donors (Lipinski definition) is 6. The van der Waals surface area contributed by atoms with Crippen molar-refractivity contribution in [2.45, 2.75) is 90.9 Å². The number of carbonyl (C=O) groups excluding carboxylic acids is 11. The number of aliphatic hydroxyl groups excluding tert-OH is 2. The van der Waals surface area contributed by atoms with Gasteiger partial charge in [0, 0.05) is 101 Å². The molecule has 6 amide bonds. The van der Waals surface area contributed by atoms with Gasteiger partial charge >= 0.3 is 59.9 Å². The summed E-state index contributed by atoms with van der Waals surface area (Å²) >= 11 is 4.82. The molecule has 0 aromatic rings. The van der Waals surface area contributed by atoms with E-state index >= 15 is 0 Å². The number of esters is 2. The molecule has 0 aliphatic heterocycles. The van der Waals surface area contributed by atoms with Crippen molar-refractivity contribution < 1.29 is 153 Å². The van der Waals surface area contributed by atoms with Crippen molar-refractivity contribution in [1.82, 2.24) is 30.7 Å². The normalized spacial score (nSPS) is 18.8. The van der Waals surface area contributed by atoms with Gasteiger partial charge < -0.3 is 131 Å². The van der Waals surface area contributed by atoms with Gasteiger partial charge in [0.1, 0.15) is 63.0 Å². The number of halogens is 1. The first-order valence-electron chi connectivity index (χ1n) is 42.2. The first-order chi connectivity index (χ1) is 61.8. The lowest BCUT2D eigenvalue weighted by Crippen LogP contribution is -2.38. The van der Waals surface area contributed by atoms with Gasteiger partial charge in [0.2, 0.25) is 4.98 Å². The van der Waals surface area contributed by atoms with E-state index in [1.54, 1.807) is 0 Å². The molecule has 6 rings (SSSR count). The van der Waals surface area contributed by atoms with Crippen LogP contribution >= 0.6 is 63.5 Å². The fourth-order valence-corrected chi connectivity index (χ4v) is 14.8. The second kappa shape index (κ2) is 76.9. The largest absolute Gasteiger partial charge is 0.464 e. The molecule has 127 heavy (non-hydrogen) atoms. The summed E-state index contributed by atoms with van der Waals surface area (Å²) in [6.45, 7) is 10.9. The molecule has 6 unspecified atom stereocenters. The van der Waals surface area contributed by atoms with Crippen LogP contribution in [0.1, 0.15) is 90.9 Å². The van der Waals surface area contributed by atoms with E-state index in [1.807, 2.05) is 0 Å². The second-order valence-electron chi connectivity index (χ2n) is 27.9. The number of alkyl carbamates (subject to hydrolysis) is 3. The zero-order chi connectivity index (χ0) is 92.4. The molecule has 0 aromatic carbocycles. The number of nitrogens with zero attached hydrogens (tertiary/aromatic N) is 5. The number of ether oxygens (including phenoxy) is 19. The van der Waals surface area contributed by atoms with Crippen LogP contribution in [0, 0.1) is 93.9 Å². The molecule has 3 saturated carbocycles. The van der Waals surface area contributed by atoms with Crippen LogP contribution in [-0.4, -0.2) is 347 Å². The molecule has 0 spiro atoms. The smallest absolute Gasteiger partial charge is 0.410 e. The highest BCUT2D eigenvalue weighted by Crippen LogP contribution is 2.54. The van der Waals surface area contributed by atoms with Crippen LogP contribution in [-0.2, 0) is 99.6 Å². The van der Waals surface area contributed by atoms with E-state index in [0.717, 1.165) is 77.0 Å². The molecule has 0 aromatic heterocycles. The highest BCUT2D eigenvalue weighted by molar-refractivity contribution is 8.16. The van der Waals surface area contributed by atoms with E-state index in [-0.39, 0.29) is 150 Å². The Balaban J connectivity index is 0.000000478. The highest BCUT2D eigenvalue weighted by Gasteiger charge is 2.51. The van der Waals surface area contributed by atoms with Crippen LogP contribution in [0.4, 0.5) is 43.2 Å². The van der Waals surface area contributed by atoms with Crippen LogP contribution in [0.5, 0.6) is 0 Å². The average molecular weight is 1940 g/mol. The first kappa shape index (κ1) is 114. The van der Waals surface area contributed by atoms with Crippen molar-refractivity contribution in [3.8, 4) is 35.5 Å². The molecule has 48 heteroatoms. The Morgan fingerprint density at radius 2 is 0.598 bits per heavy atom. The van der Waals surface area contributed by atoms with Gasteiger partial charge in [-0.2, -0.15) is 0 Å². The minimum Gasteiger partial charge on any atom is -0.464 e. The third-order valence-electron chi connectivity index (χ3n) is 19.3. The van der Waals surface area contributed by atoms with Gasteiger partial charge in [-0.15, -0.1) is 35.5 Å². The van der Waals surface area contributed by atoms with Gasteiger partial charge in [0.15, 0.2) is 0 Å². The van der Waals surface area contributed by atoms with Gasteiger partial charge in [-0.3, -0.25) is 19.5 Å². The van der Waals surface area contributed by atoms with Crippen LogP contribution in [0.25, 0.3) is 0 Å². The Bertz CT molecular complexity index is 3330. The van der Waals surface area contributed by atoms with Gasteiger partial charge in [0.05, 0.1) is 178 Å². The molecular formula is C79H128ClN9O32P6. The number of amides is 6. The second-order valence-corrected chi connectivity index (χ2v) is 33.8. The fourth-order valence-electron chi connectivity index (χ4n) is 13.1. The third-order valence-corrected chi connectivity index (χ3v) is 22.7. The van der Waals surface area contributed by atoms with Crippen molar-refractivity contribution in [3.05, 3.63) is 0 Å². The van der Waals surface area contributed by atoms with E-state index in [1.165, 1.54) is 28.5 Å². The van der Waals surface area contributed by atoms with E-state index in [4.69, 9.17) is 117 Å². The molecule has 6 N–H and O–H groups in total. The lowest BCUT2D eigenvalue weighted by molar-refractivity contribution is -0.141. The van der Waals surface area contributed by atoms with Crippen molar-refractivity contribution >= 4 is 128 Å². The van der Waals surface area contributed by atoms with Crippen LogP contribution in [0.3, 0.4) is 0 Å². The number of hydrogen-bond acceptors (Lipinski definition) is 35. The lowest BCUT2D eigenvalue weighted by atomic mass is 10.1. The Morgan fingerprint density at radius 3 is 0.819 bits per heavy atom. The Hall–Kier alpha value is -6.71. The maximum absolute atomic E-state index is 12.4.